The molecule has 7 heteroatoms. The first kappa shape index (κ1) is 16.8. The Hall–Kier alpha value is -2.57. The Bertz CT molecular complexity index is 646. The third-order valence-electron chi connectivity index (χ3n) is 3.52. The Morgan fingerprint density at radius 3 is 2.83 bits per heavy atom. The van der Waals surface area contributed by atoms with Gasteiger partial charge in [-0.05, 0) is 18.6 Å². The van der Waals surface area contributed by atoms with Crippen molar-refractivity contribution in [3.63, 3.8) is 0 Å². The van der Waals surface area contributed by atoms with Crippen LogP contribution in [0.5, 0.6) is 0 Å². The van der Waals surface area contributed by atoms with E-state index in [9.17, 15) is 9.59 Å². The van der Waals surface area contributed by atoms with Gasteiger partial charge in [-0.25, -0.2) is 4.98 Å². The van der Waals surface area contributed by atoms with Crippen molar-refractivity contribution in [1.29, 1.82) is 0 Å². The first-order valence-corrected chi connectivity index (χ1v) is 7.79. The standard InChI is InChI=1S/C16H22N4O3/c1-2-3-4-5-8-18-16(22)15-19-10-13(14(17)21)20(15)11-12-7-6-9-23-12/h6-7,9-10H,2-5,8,11H2,1H3,(H2,17,21)(H,18,22). The average molecular weight is 318 g/mol. The normalized spacial score (nSPS) is 10.7. The molecule has 0 aliphatic heterocycles. The molecule has 2 heterocycles. The van der Waals surface area contributed by atoms with Crippen LogP contribution in [-0.4, -0.2) is 27.9 Å². The van der Waals surface area contributed by atoms with E-state index in [0.717, 1.165) is 25.7 Å². The highest BCUT2D eigenvalue weighted by Gasteiger charge is 2.20. The molecule has 2 aromatic rings. The summed E-state index contributed by atoms with van der Waals surface area (Å²) in [5.41, 5.74) is 5.53. The van der Waals surface area contributed by atoms with Gasteiger partial charge in [-0.2, -0.15) is 0 Å². The summed E-state index contributed by atoms with van der Waals surface area (Å²) in [5, 5.41) is 2.83. The Labute approximate surface area is 134 Å². The lowest BCUT2D eigenvalue weighted by atomic mass is 10.2. The van der Waals surface area contributed by atoms with Gasteiger partial charge < -0.3 is 20.0 Å². The second kappa shape index (κ2) is 8.17. The van der Waals surface area contributed by atoms with E-state index < -0.39 is 5.91 Å². The molecule has 124 valence electrons. The number of carbonyl (C=O) groups excluding carboxylic acids is 2. The summed E-state index contributed by atoms with van der Waals surface area (Å²) >= 11 is 0. The van der Waals surface area contributed by atoms with E-state index in [-0.39, 0.29) is 24.0 Å². The summed E-state index contributed by atoms with van der Waals surface area (Å²) in [6, 6.07) is 3.50. The van der Waals surface area contributed by atoms with Crippen LogP contribution < -0.4 is 11.1 Å². The van der Waals surface area contributed by atoms with Gasteiger partial charge >= 0.3 is 0 Å². The van der Waals surface area contributed by atoms with Gasteiger partial charge in [-0.1, -0.05) is 26.2 Å². The maximum atomic E-state index is 12.3. The summed E-state index contributed by atoms with van der Waals surface area (Å²) in [7, 11) is 0. The molecule has 23 heavy (non-hydrogen) atoms. The number of nitrogens with zero attached hydrogens (tertiary/aromatic N) is 2. The van der Waals surface area contributed by atoms with Crippen LogP contribution in [0, 0.1) is 0 Å². The molecule has 2 amide bonds. The van der Waals surface area contributed by atoms with Gasteiger partial charge in [0.2, 0.25) is 0 Å². The van der Waals surface area contributed by atoms with Crippen LogP contribution in [0.25, 0.3) is 0 Å². The van der Waals surface area contributed by atoms with Crippen molar-refractivity contribution >= 4 is 11.8 Å². The van der Waals surface area contributed by atoms with Gasteiger partial charge in [0.15, 0.2) is 5.82 Å². The van der Waals surface area contributed by atoms with Gasteiger partial charge in [0, 0.05) is 6.54 Å². The van der Waals surface area contributed by atoms with Gasteiger partial charge in [-0.15, -0.1) is 0 Å². The third kappa shape index (κ3) is 4.45. The molecular weight excluding hydrogens is 296 g/mol. The molecular formula is C16H22N4O3. The maximum absolute atomic E-state index is 12.3. The van der Waals surface area contributed by atoms with E-state index in [4.69, 9.17) is 10.2 Å². The molecule has 0 spiro atoms. The van der Waals surface area contributed by atoms with Crippen LogP contribution >= 0.6 is 0 Å². The second-order valence-electron chi connectivity index (χ2n) is 5.31. The zero-order valence-electron chi connectivity index (χ0n) is 13.2. The number of nitrogens with one attached hydrogen (secondary N) is 1. The molecule has 0 atom stereocenters. The van der Waals surface area contributed by atoms with Crippen molar-refractivity contribution in [3.05, 3.63) is 41.9 Å². The number of hydrogen-bond donors (Lipinski definition) is 2. The Morgan fingerprint density at radius 2 is 2.17 bits per heavy atom. The first-order chi connectivity index (χ1) is 11.1. The molecule has 0 unspecified atom stereocenters. The fourth-order valence-electron chi connectivity index (χ4n) is 2.30. The highest BCUT2D eigenvalue weighted by atomic mass is 16.3. The number of imidazole rings is 1. The maximum Gasteiger partial charge on any atom is 0.287 e. The van der Waals surface area contributed by atoms with E-state index in [2.05, 4.69) is 17.2 Å². The largest absolute Gasteiger partial charge is 0.467 e. The zero-order valence-corrected chi connectivity index (χ0v) is 13.2. The fourth-order valence-corrected chi connectivity index (χ4v) is 2.30. The highest BCUT2D eigenvalue weighted by Crippen LogP contribution is 2.11. The van der Waals surface area contributed by atoms with E-state index in [1.165, 1.54) is 17.0 Å². The molecule has 0 aliphatic rings. The lowest BCUT2D eigenvalue weighted by Gasteiger charge is -2.09. The van der Waals surface area contributed by atoms with Crippen LogP contribution in [0.3, 0.4) is 0 Å². The van der Waals surface area contributed by atoms with Crippen LogP contribution in [-0.2, 0) is 6.54 Å². The van der Waals surface area contributed by atoms with Crippen LogP contribution in [0.4, 0.5) is 0 Å². The van der Waals surface area contributed by atoms with Crippen molar-refractivity contribution in [2.24, 2.45) is 5.73 Å². The summed E-state index contributed by atoms with van der Waals surface area (Å²) in [4.78, 5) is 27.8. The monoisotopic (exact) mass is 318 g/mol. The van der Waals surface area contributed by atoms with Crippen LogP contribution in [0.2, 0.25) is 0 Å². The summed E-state index contributed by atoms with van der Waals surface area (Å²) in [6.07, 6.45) is 7.13. The average Bonchev–Trinajstić information content (AvgIpc) is 3.17. The molecule has 0 saturated heterocycles. The minimum absolute atomic E-state index is 0.158. The lowest BCUT2D eigenvalue weighted by molar-refractivity contribution is 0.0938. The van der Waals surface area contributed by atoms with Gasteiger partial charge in [-0.3, -0.25) is 9.59 Å². The van der Waals surface area contributed by atoms with Gasteiger partial charge in [0.05, 0.1) is 19.0 Å². The first-order valence-electron chi connectivity index (χ1n) is 7.79. The van der Waals surface area contributed by atoms with E-state index >= 15 is 0 Å². The van der Waals surface area contributed by atoms with Crippen LogP contribution in [0.15, 0.2) is 29.0 Å². The highest BCUT2D eigenvalue weighted by molar-refractivity contribution is 5.95. The molecule has 2 rings (SSSR count). The summed E-state index contributed by atoms with van der Waals surface area (Å²) in [6.45, 7) is 2.94. The Kier molecular flexibility index (Phi) is 5.96. The van der Waals surface area contributed by atoms with Gasteiger partial charge in [0.1, 0.15) is 11.5 Å². The summed E-state index contributed by atoms with van der Waals surface area (Å²) in [5.74, 6) is -0.181. The number of unbranched alkanes of at least 4 members (excludes halogenated alkanes) is 3. The molecule has 0 aromatic carbocycles. The second-order valence-corrected chi connectivity index (χ2v) is 5.31. The number of aromatic nitrogens is 2. The number of hydrogen-bond acceptors (Lipinski definition) is 4. The minimum Gasteiger partial charge on any atom is -0.467 e. The molecule has 0 aliphatic carbocycles. The number of rotatable bonds is 9. The van der Waals surface area contributed by atoms with Crippen LogP contribution in [0.1, 0.15) is 59.5 Å². The Morgan fingerprint density at radius 1 is 1.35 bits per heavy atom. The van der Waals surface area contributed by atoms with Crippen molar-refractivity contribution in [2.75, 3.05) is 6.54 Å². The molecule has 0 fully saturated rings. The third-order valence-corrected chi connectivity index (χ3v) is 3.52. The number of furan rings is 1. The SMILES string of the molecule is CCCCCCNC(=O)c1ncc(C(N)=O)n1Cc1ccco1. The number of nitrogens with two attached hydrogens (primary N) is 1. The molecule has 0 bridgehead atoms. The molecule has 3 N–H and O–H groups in total. The van der Waals surface area contributed by atoms with E-state index in [1.807, 2.05) is 0 Å². The van der Waals surface area contributed by atoms with E-state index in [1.54, 1.807) is 12.1 Å². The molecule has 7 nitrogen and oxygen atoms in total. The number of carbonyl (C=O) groups is 2. The van der Waals surface area contributed by atoms with Crippen molar-refractivity contribution in [3.8, 4) is 0 Å². The topological polar surface area (TPSA) is 103 Å². The Balaban J connectivity index is 2.08. The summed E-state index contributed by atoms with van der Waals surface area (Å²) < 4.78 is 6.74. The minimum atomic E-state index is -0.633. The predicted molar refractivity (Wildman–Crippen MR) is 85.0 cm³/mol. The van der Waals surface area contributed by atoms with Gasteiger partial charge in [0.25, 0.3) is 11.8 Å². The fraction of sp³-hybridized carbons (Fsp3) is 0.438. The lowest BCUT2D eigenvalue weighted by Crippen LogP contribution is -2.29. The van der Waals surface area contributed by atoms with Crippen molar-refractivity contribution < 1.29 is 14.0 Å². The molecule has 0 saturated carbocycles. The van der Waals surface area contributed by atoms with Crippen molar-refractivity contribution in [2.45, 2.75) is 39.2 Å². The van der Waals surface area contributed by atoms with E-state index in [0.29, 0.717) is 12.3 Å². The number of amides is 2. The molecule has 2 aromatic heterocycles. The quantitative estimate of drug-likeness (QED) is 0.689. The molecule has 0 radical (unpaired) electrons. The zero-order chi connectivity index (χ0) is 16.7. The predicted octanol–water partition coefficient (Wildman–Crippen LogP) is 1.93. The smallest absolute Gasteiger partial charge is 0.287 e. The van der Waals surface area contributed by atoms with Crippen molar-refractivity contribution in [1.82, 2.24) is 14.9 Å². The number of primary amides is 1.